The van der Waals surface area contributed by atoms with Crippen LogP contribution >= 0.6 is 12.2 Å². The maximum Gasteiger partial charge on any atom is 0.337 e. The molecule has 0 amide bonds. The molecule has 0 heterocycles. The van der Waals surface area contributed by atoms with Crippen molar-refractivity contribution in [3.63, 3.8) is 0 Å². The van der Waals surface area contributed by atoms with E-state index in [1.807, 2.05) is 31.2 Å². The second-order valence-corrected chi connectivity index (χ2v) is 7.73. The summed E-state index contributed by atoms with van der Waals surface area (Å²) in [6, 6.07) is 21.9. The molecule has 2 N–H and O–H groups in total. The van der Waals surface area contributed by atoms with Crippen LogP contribution in [-0.4, -0.2) is 18.2 Å². The Bertz CT molecular complexity index is 1060. The minimum atomic E-state index is -0.380. The molecule has 0 aromatic heterocycles. The van der Waals surface area contributed by atoms with Crippen molar-refractivity contribution < 1.29 is 9.53 Å². The summed E-state index contributed by atoms with van der Waals surface area (Å²) in [4.78, 5) is 11.9. The average molecular weight is 419 g/mol. The monoisotopic (exact) mass is 418 g/mol. The lowest BCUT2D eigenvalue weighted by Crippen LogP contribution is -2.33. The molecule has 0 radical (unpaired) electrons. The highest BCUT2D eigenvalue weighted by molar-refractivity contribution is 7.80. The van der Waals surface area contributed by atoms with Crippen molar-refractivity contribution in [2.75, 3.05) is 12.4 Å². The molecular weight excluding hydrogens is 392 g/mol. The molecule has 1 unspecified atom stereocenters. The van der Waals surface area contributed by atoms with Crippen LogP contribution in [0.15, 0.2) is 66.7 Å². The summed E-state index contributed by atoms with van der Waals surface area (Å²) in [6.07, 6.45) is 0. The fourth-order valence-electron chi connectivity index (χ4n) is 3.43. The van der Waals surface area contributed by atoms with Gasteiger partial charge in [0.2, 0.25) is 0 Å². The van der Waals surface area contributed by atoms with Crippen molar-refractivity contribution in [3.05, 3.63) is 100 Å². The Morgan fingerprint density at radius 3 is 2.33 bits per heavy atom. The third-order valence-electron chi connectivity index (χ3n) is 5.05. The summed E-state index contributed by atoms with van der Waals surface area (Å²) in [6.45, 7) is 6.16. The number of rotatable bonds is 5. The van der Waals surface area contributed by atoms with E-state index in [1.54, 1.807) is 12.1 Å². The van der Waals surface area contributed by atoms with E-state index in [1.165, 1.54) is 18.2 Å². The van der Waals surface area contributed by atoms with Crippen molar-refractivity contribution in [2.45, 2.75) is 26.8 Å². The van der Waals surface area contributed by atoms with Crippen LogP contribution in [0.25, 0.3) is 0 Å². The molecule has 0 saturated heterocycles. The van der Waals surface area contributed by atoms with Gasteiger partial charge in [-0.25, -0.2) is 4.79 Å². The third-order valence-corrected chi connectivity index (χ3v) is 5.27. The zero-order chi connectivity index (χ0) is 21.7. The molecule has 3 rings (SSSR count). The van der Waals surface area contributed by atoms with E-state index in [4.69, 9.17) is 17.0 Å². The number of ether oxygens (including phenoxy) is 1. The van der Waals surface area contributed by atoms with Crippen LogP contribution in [0.5, 0.6) is 0 Å². The SMILES string of the molecule is COC(=O)c1ccc(C)c(NC(=S)NC(c2ccccc2)c2ccc(C)cc2C)c1. The maximum absolute atomic E-state index is 11.9. The molecule has 0 aliphatic heterocycles. The molecule has 0 bridgehead atoms. The molecule has 3 aromatic carbocycles. The van der Waals surface area contributed by atoms with Crippen molar-refractivity contribution in [1.29, 1.82) is 0 Å². The van der Waals surface area contributed by atoms with Crippen LogP contribution in [0.2, 0.25) is 0 Å². The van der Waals surface area contributed by atoms with Gasteiger partial charge in [0.1, 0.15) is 0 Å². The van der Waals surface area contributed by atoms with Gasteiger partial charge in [-0.05, 0) is 67.4 Å². The Hall–Kier alpha value is -3.18. The van der Waals surface area contributed by atoms with Crippen LogP contribution in [0.4, 0.5) is 5.69 Å². The predicted octanol–water partition coefficient (Wildman–Crippen LogP) is 5.47. The number of carbonyl (C=O) groups excluding carboxylic acids is 1. The highest BCUT2D eigenvalue weighted by Crippen LogP contribution is 2.26. The topological polar surface area (TPSA) is 50.4 Å². The van der Waals surface area contributed by atoms with Gasteiger partial charge in [0.25, 0.3) is 0 Å². The quantitative estimate of drug-likeness (QED) is 0.425. The van der Waals surface area contributed by atoms with Gasteiger partial charge >= 0.3 is 5.97 Å². The average Bonchev–Trinajstić information content (AvgIpc) is 2.74. The first-order chi connectivity index (χ1) is 14.4. The van der Waals surface area contributed by atoms with E-state index < -0.39 is 0 Å². The van der Waals surface area contributed by atoms with Crippen molar-refractivity contribution in [1.82, 2.24) is 5.32 Å². The number of aryl methyl sites for hydroxylation is 3. The molecule has 5 heteroatoms. The number of nitrogens with one attached hydrogen (secondary N) is 2. The van der Waals surface area contributed by atoms with E-state index in [2.05, 4.69) is 54.8 Å². The molecule has 4 nitrogen and oxygen atoms in total. The molecule has 0 aliphatic rings. The first kappa shape index (κ1) is 21.5. The molecule has 154 valence electrons. The fourth-order valence-corrected chi connectivity index (χ4v) is 3.65. The third kappa shape index (κ3) is 5.05. The van der Waals surface area contributed by atoms with E-state index in [-0.39, 0.29) is 12.0 Å². The van der Waals surface area contributed by atoms with E-state index in [0.29, 0.717) is 10.7 Å². The van der Waals surface area contributed by atoms with Gasteiger partial charge in [-0.2, -0.15) is 0 Å². The summed E-state index contributed by atoms with van der Waals surface area (Å²) in [5.74, 6) is -0.380. The lowest BCUT2D eigenvalue weighted by atomic mass is 9.94. The largest absolute Gasteiger partial charge is 0.465 e. The second kappa shape index (κ2) is 9.55. The van der Waals surface area contributed by atoms with Crippen LogP contribution in [-0.2, 0) is 4.74 Å². The van der Waals surface area contributed by atoms with Crippen molar-refractivity contribution >= 4 is 29.0 Å². The van der Waals surface area contributed by atoms with E-state index >= 15 is 0 Å². The Morgan fingerprint density at radius 2 is 1.67 bits per heavy atom. The van der Waals surface area contributed by atoms with Gasteiger partial charge in [0, 0.05) is 5.69 Å². The maximum atomic E-state index is 11.9. The zero-order valence-corrected chi connectivity index (χ0v) is 18.5. The molecule has 30 heavy (non-hydrogen) atoms. The molecule has 0 fully saturated rings. The zero-order valence-electron chi connectivity index (χ0n) is 17.7. The Morgan fingerprint density at radius 1 is 0.933 bits per heavy atom. The number of hydrogen-bond donors (Lipinski definition) is 2. The van der Waals surface area contributed by atoms with Crippen LogP contribution in [0, 0.1) is 20.8 Å². The number of methoxy groups -OCH3 is 1. The lowest BCUT2D eigenvalue weighted by molar-refractivity contribution is 0.0601. The summed E-state index contributed by atoms with van der Waals surface area (Å²) in [5, 5.41) is 7.18. The van der Waals surface area contributed by atoms with Crippen LogP contribution in [0.1, 0.15) is 44.2 Å². The molecule has 0 aliphatic carbocycles. The minimum Gasteiger partial charge on any atom is -0.465 e. The predicted molar refractivity (Wildman–Crippen MR) is 126 cm³/mol. The molecule has 3 aromatic rings. The van der Waals surface area contributed by atoms with E-state index in [9.17, 15) is 4.79 Å². The number of carbonyl (C=O) groups is 1. The van der Waals surface area contributed by atoms with Crippen LogP contribution < -0.4 is 10.6 Å². The fraction of sp³-hybridized carbons (Fsp3) is 0.200. The lowest BCUT2D eigenvalue weighted by Gasteiger charge is -2.24. The van der Waals surface area contributed by atoms with E-state index in [0.717, 1.165) is 22.4 Å². The van der Waals surface area contributed by atoms with Gasteiger partial charge < -0.3 is 15.4 Å². The van der Waals surface area contributed by atoms with Gasteiger partial charge in [0.15, 0.2) is 5.11 Å². The molecule has 0 spiro atoms. The Labute approximate surface area is 183 Å². The smallest absolute Gasteiger partial charge is 0.337 e. The molecular formula is C25H26N2O2S. The number of thiocarbonyl (C=S) groups is 1. The number of hydrogen-bond acceptors (Lipinski definition) is 3. The standard InChI is InChI=1S/C25H26N2O2S/c1-16-10-13-21(18(3)14-16)23(19-8-6-5-7-9-19)27-25(30)26-22-15-20(24(28)29-4)12-11-17(22)2/h5-15,23H,1-4H3,(H2,26,27,30). The first-order valence-corrected chi connectivity index (χ1v) is 10.2. The highest BCUT2D eigenvalue weighted by Gasteiger charge is 2.18. The highest BCUT2D eigenvalue weighted by atomic mass is 32.1. The van der Waals surface area contributed by atoms with Gasteiger partial charge in [-0.15, -0.1) is 0 Å². The van der Waals surface area contributed by atoms with Crippen molar-refractivity contribution in [3.8, 4) is 0 Å². The summed E-state index contributed by atoms with van der Waals surface area (Å²) < 4.78 is 4.82. The number of benzene rings is 3. The Kier molecular flexibility index (Phi) is 6.85. The van der Waals surface area contributed by atoms with Gasteiger partial charge in [-0.3, -0.25) is 0 Å². The molecule has 1 atom stereocenters. The number of esters is 1. The van der Waals surface area contributed by atoms with Crippen LogP contribution in [0.3, 0.4) is 0 Å². The Balaban J connectivity index is 1.88. The van der Waals surface area contributed by atoms with Gasteiger partial charge in [-0.1, -0.05) is 60.2 Å². The normalized spacial score (nSPS) is 11.5. The van der Waals surface area contributed by atoms with Gasteiger partial charge in [0.05, 0.1) is 18.7 Å². The molecule has 0 saturated carbocycles. The first-order valence-electron chi connectivity index (χ1n) is 9.77. The summed E-state index contributed by atoms with van der Waals surface area (Å²) in [5.41, 5.74) is 6.92. The summed E-state index contributed by atoms with van der Waals surface area (Å²) >= 11 is 5.64. The van der Waals surface area contributed by atoms with Crippen molar-refractivity contribution in [2.24, 2.45) is 0 Å². The summed E-state index contributed by atoms with van der Waals surface area (Å²) in [7, 11) is 1.37. The second-order valence-electron chi connectivity index (χ2n) is 7.32. The minimum absolute atomic E-state index is 0.101. The number of anilines is 1.